The summed E-state index contributed by atoms with van der Waals surface area (Å²) in [5, 5.41) is 6.98. The van der Waals surface area contributed by atoms with Crippen molar-refractivity contribution in [3.8, 4) is 0 Å². The van der Waals surface area contributed by atoms with Gasteiger partial charge in [-0.25, -0.2) is 4.98 Å². The molecule has 112 valence electrons. The second-order valence-corrected chi connectivity index (χ2v) is 6.19. The minimum absolute atomic E-state index is 0.257. The zero-order valence-corrected chi connectivity index (χ0v) is 13.1. The summed E-state index contributed by atoms with van der Waals surface area (Å²) in [6.07, 6.45) is 2.59. The van der Waals surface area contributed by atoms with Gasteiger partial charge in [0.25, 0.3) is 5.91 Å². The normalized spacial score (nSPS) is 10.6. The predicted molar refractivity (Wildman–Crippen MR) is 85.3 cm³/mol. The molecule has 0 unspecified atom stereocenters. The lowest BCUT2D eigenvalue weighted by molar-refractivity contribution is 0.101. The molecule has 0 spiro atoms. The minimum atomic E-state index is -0.312. The summed E-state index contributed by atoms with van der Waals surface area (Å²) in [5.41, 5.74) is 2.72. The van der Waals surface area contributed by atoms with Gasteiger partial charge in [-0.2, -0.15) is 0 Å². The summed E-state index contributed by atoms with van der Waals surface area (Å²) in [6.45, 7) is 3.81. The smallest absolute Gasteiger partial charge is 0.279 e. The molecule has 1 N–H and O–H groups in total. The summed E-state index contributed by atoms with van der Waals surface area (Å²) in [5.74, 6) is 0.290. The van der Waals surface area contributed by atoms with E-state index < -0.39 is 0 Å². The maximum absolute atomic E-state index is 12.0. The molecule has 0 radical (unpaired) electrons. The highest BCUT2D eigenvalue weighted by molar-refractivity contribution is 7.15. The Bertz CT molecular complexity index is 807. The van der Waals surface area contributed by atoms with Crippen molar-refractivity contribution in [3.63, 3.8) is 0 Å². The highest BCUT2D eigenvalue weighted by Gasteiger charge is 2.13. The van der Waals surface area contributed by atoms with Crippen LogP contribution in [0.2, 0.25) is 0 Å². The van der Waals surface area contributed by atoms with E-state index in [0.29, 0.717) is 10.9 Å². The van der Waals surface area contributed by atoms with Gasteiger partial charge in [-0.1, -0.05) is 35.0 Å². The molecule has 0 bridgehead atoms. The molecule has 0 aliphatic heterocycles. The first-order valence-electron chi connectivity index (χ1n) is 6.85. The highest BCUT2D eigenvalue weighted by atomic mass is 32.1. The monoisotopic (exact) mass is 313 g/mol. The van der Waals surface area contributed by atoms with Crippen molar-refractivity contribution >= 4 is 22.4 Å². The van der Waals surface area contributed by atoms with Crippen molar-refractivity contribution in [1.29, 1.82) is 0 Å². The van der Waals surface area contributed by atoms with E-state index in [9.17, 15) is 4.79 Å². The molecular weight excluding hydrogens is 298 g/mol. The van der Waals surface area contributed by atoms with Crippen LogP contribution in [-0.2, 0) is 6.42 Å². The molecule has 6 heteroatoms. The Morgan fingerprint density at radius 3 is 2.91 bits per heavy atom. The van der Waals surface area contributed by atoms with Crippen molar-refractivity contribution in [3.05, 3.63) is 64.0 Å². The lowest BCUT2D eigenvalue weighted by atomic mass is 10.1. The van der Waals surface area contributed by atoms with Gasteiger partial charge in [0, 0.05) is 23.6 Å². The molecule has 3 aromatic rings. The quantitative estimate of drug-likeness (QED) is 0.799. The molecule has 0 saturated carbocycles. The number of hydrogen-bond acceptors (Lipinski definition) is 5. The van der Waals surface area contributed by atoms with E-state index in [4.69, 9.17) is 4.52 Å². The van der Waals surface area contributed by atoms with Gasteiger partial charge >= 0.3 is 0 Å². The van der Waals surface area contributed by atoms with Crippen LogP contribution in [0.25, 0.3) is 0 Å². The van der Waals surface area contributed by atoms with E-state index >= 15 is 0 Å². The largest absolute Gasteiger partial charge is 0.361 e. The molecule has 2 aromatic heterocycles. The maximum Gasteiger partial charge on any atom is 0.279 e. The van der Waals surface area contributed by atoms with Crippen LogP contribution in [0.5, 0.6) is 0 Å². The van der Waals surface area contributed by atoms with Crippen LogP contribution in [0.4, 0.5) is 5.13 Å². The molecule has 0 fully saturated rings. The predicted octanol–water partition coefficient (Wildman–Crippen LogP) is 3.59. The highest BCUT2D eigenvalue weighted by Crippen LogP contribution is 2.22. The molecule has 3 rings (SSSR count). The second kappa shape index (κ2) is 6.11. The van der Waals surface area contributed by atoms with Gasteiger partial charge in [0.1, 0.15) is 5.76 Å². The van der Waals surface area contributed by atoms with Crippen LogP contribution in [0.15, 0.2) is 41.1 Å². The lowest BCUT2D eigenvalue weighted by Crippen LogP contribution is -2.11. The fourth-order valence-electron chi connectivity index (χ4n) is 2.10. The van der Waals surface area contributed by atoms with E-state index in [0.717, 1.165) is 11.3 Å². The van der Waals surface area contributed by atoms with Crippen LogP contribution < -0.4 is 5.32 Å². The fourth-order valence-corrected chi connectivity index (χ4v) is 2.95. The van der Waals surface area contributed by atoms with Crippen molar-refractivity contribution in [2.45, 2.75) is 20.3 Å². The molecule has 0 aliphatic rings. The van der Waals surface area contributed by atoms with E-state index in [1.54, 1.807) is 19.2 Å². The Hall–Kier alpha value is -2.47. The average Bonchev–Trinajstić information content (AvgIpc) is 3.08. The third-order valence-corrected chi connectivity index (χ3v) is 4.01. The zero-order valence-electron chi connectivity index (χ0n) is 12.3. The number of nitrogens with one attached hydrogen (secondary N) is 1. The number of anilines is 1. The number of carbonyl (C=O) groups is 1. The van der Waals surface area contributed by atoms with Crippen molar-refractivity contribution in [2.24, 2.45) is 0 Å². The van der Waals surface area contributed by atoms with Crippen LogP contribution in [0, 0.1) is 13.8 Å². The number of aromatic nitrogens is 2. The summed E-state index contributed by atoms with van der Waals surface area (Å²) in [7, 11) is 0. The number of carbonyl (C=O) groups excluding carboxylic acids is 1. The number of thiazole rings is 1. The number of benzene rings is 1. The van der Waals surface area contributed by atoms with Gasteiger partial charge in [-0.3, -0.25) is 10.1 Å². The summed E-state index contributed by atoms with van der Waals surface area (Å²) in [6, 6.07) is 9.94. The molecule has 0 atom stereocenters. The molecule has 1 amide bonds. The Morgan fingerprint density at radius 1 is 1.32 bits per heavy atom. The number of hydrogen-bond donors (Lipinski definition) is 1. The van der Waals surface area contributed by atoms with Gasteiger partial charge in [0.15, 0.2) is 10.8 Å². The third-order valence-electron chi connectivity index (χ3n) is 3.10. The minimum Gasteiger partial charge on any atom is -0.361 e. The van der Waals surface area contributed by atoms with Crippen molar-refractivity contribution in [2.75, 3.05) is 5.32 Å². The molecular formula is C16H15N3O2S. The van der Waals surface area contributed by atoms with Gasteiger partial charge in [0.05, 0.1) is 0 Å². The van der Waals surface area contributed by atoms with Crippen molar-refractivity contribution < 1.29 is 9.32 Å². The van der Waals surface area contributed by atoms with Crippen LogP contribution in [0.1, 0.15) is 32.3 Å². The van der Waals surface area contributed by atoms with E-state index in [2.05, 4.69) is 40.6 Å². The van der Waals surface area contributed by atoms with Gasteiger partial charge in [-0.15, -0.1) is 11.3 Å². The summed E-state index contributed by atoms with van der Waals surface area (Å²) in [4.78, 5) is 17.3. The van der Waals surface area contributed by atoms with Crippen molar-refractivity contribution in [1.82, 2.24) is 10.1 Å². The van der Waals surface area contributed by atoms with E-state index in [1.807, 2.05) is 6.07 Å². The number of nitrogens with zero attached hydrogens (tertiary/aromatic N) is 2. The number of rotatable bonds is 4. The Labute approximate surface area is 132 Å². The first-order chi connectivity index (χ1) is 10.6. The molecule has 0 saturated heterocycles. The maximum atomic E-state index is 12.0. The van der Waals surface area contributed by atoms with Gasteiger partial charge < -0.3 is 4.52 Å². The molecule has 5 nitrogen and oxygen atoms in total. The SMILES string of the molecule is Cc1cccc(Cc2cnc(NC(=O)c3cc(C)on3)s2)c1. The topological polar surface area (TPSA) is 68.0 Å². The van der Waals surface area contributed by atoms with E-state index in [-0.39, 0.29) is 11.6 Å². The Morgan fingerprint density at radius 2 is 2.18 bits per heavy atom. The summed E-state index contributed by atoms with van der Waals surface area (Å²) < 4.78 is 4.89. The van der Waals surface area contributed by atoms with Gasteiger partial charge in [0.2, 0.25) is 0 Å². The summed E-state index contributed by atoms with van der Waals surface area (Å²) >= 11 is 1.46. The zero-order chi connectivity index (χ0) is 15.5. The lowest BCUT2D eigenvalue weighted by Gasteiger charge is -1.99. The first kappa shape index (κ1) is 14.5. The molecule has 1 aromatic carbocycles. The van der Waals surface area contributed by atoms with Crippen LogP contribution in [0.3, 0.4) is 0 Å². The molecule has 0 aliphatic carbocycles. The number of aryl methyl sites for hydroxylation is 2. The first-order valence-corrected chi connectivity index (χ1v) is 7.67. The van der Waals surface area contributed by atoms with Crippen LogP contribution in [-0.4, -0.2) is 16.0 Å². The van der Waals surface area contributed by atoms with E-state index in [1.165, 1.54) is 22.5 Å². The Balaban J connectivity index is 1.67. The third kappa shape index (κ3) is 3.40. The Kier molecular flexibility index (Phi) is 4.02. The fraction of sp³-hybridized carbons (Fsp3) is 0.188. The average molecular weight is 313 g/mol. The van der Waals surface area contributed by atoms with Crippen LogP contribution >= 0.6 is 11.3 Å². The molecule has 22 heavy (non-hydrogen) atoms. The standard InChI is InChI=1S/C16H15N3O2S/c1-10-4-3-5-12(6-10)8-13-9-17-16(22-13)18-15(20)14-7-11(2)21-19-14/h3-7,9H,8H2,1-2H3,(H,17,18,20). The second-order valence-electron chi connectivity index (χ2n) is 5.07. The van der Waals surface area contributed by atoms with Gasteiger partial charge in [-0.05, 0) is 19.4 Å². The number of amides is 1. The molecule has 2 heterocycles.